The Balaban J connectivity index is 2.31. The summed E-state index contributed by atoms with van der Waals surface area (Å²) < 4.78 is 11.0. The number of unbranched alkanes of at least 4 members (excludes halogenated alkanes) is 1. The number of benzene rings is 1. The Morgan fingerprint density at radius 2 is 1.96 bits per heavy atom. The molecule has 0 bridgehead atoms. The monoisotopic (exact) mass is 390 g/mol. The van der Waals surface area contributed by atoms with Gasteiger partial charge in [-0.05, 0) is 18.4 Å². The molecule has 0 aliphatic carbocycles. The van der Waals surface area contributed by atoms with Crippen molar-refractivity contribution in [3.05, 3.63) is 23.8 Å². The van der Waals surface area contributed by atoms with Gasteiger partial charge in [0.05, 0.1) is 20.1 Å². The molecule has 1 aliphatic heterocycles. The Morgan fingerprint density at radius 1 is 1.21 bits per heavy atom. The number of hydrogen-bond donors (Lipinski definition) is 1. The van der Waals surface area contributed by atoms with Crippen LogP contribution in [0.25, 0.3) is 0 Å². The summed E-state index contributed by atoms with van der Waals surface area (Å²) in [6.07, 6.45) is 2.46. The topological polar surface area (TPSA) is 67.9 Å². The number of hydrogen-bond acceptors (Lipinski definition) is 4. The zero-order chi connectivity index (χ0) is 20.7. The molecule has 6 nitrogen and oxygen atoms in total. The third-order valence-corrected chi connectivity index (χ3v) is 5.25. The molecular weight excluding hydrogens is 356 g/mol. The first kappa shape index (κ1) is 22.1. The second kappa shape index (κ2) is 10.3. The van der Waals surface area contributed by atoms with Gasteiger partial charge in [0.2, 0.25) is 11.8 Å². The van der Waals surface area contributed by atoms with Crippen LogP contribution in [-0.2, 0) is 9.59 Å². The van der Waals surface area contributed by atoms with Crippen LogP contribution in [0, 0.1) is 11.8 Å². The number of likely N-dealkylation sites (tertiary alicyclic amines) is 1. The molecule has 28 heavy (non-hydrogen) atoms. The van der Waals surface area contributed by atoms with Gasteiger partial charge in [-0.25, -0.2) is 0 Å². The summed E-state index contributed by atoms with van der Waals surface area (Å²) in [7, 11) is 3.21. The van der Waals surface area contributed by atoms with Crippen molar-refractivity contribution in [1.82, 2.24) is 10.2 Å². The highest BCUT2D eigenvalue weighted by Crippen LogP contribution is 2.42. The molecule has 0 radical (unpaired) electrons. The molecule has 1 aromatic rings. The fourth-order valence-electron chi connectivity index (χ4n) is 3.79. The summed E-state index contributed by atoms with van der Waals surface area (Å²) in [6, 6.07) is 5.71. The van der Waals surface area contributed by atoms with Crippen molar-refractivity contribution in [2.75, 3.05) is 33.9 Å². The van der Waals surface area contributed by atoms with Crippen molar-refractivity contribution in [1.29, 1.82) is 0 Å². The Morgan fingerprint density at radius 3 is 2.57 bits per heavy atom. The maximum Gasteiger partial charge on any atom is 0.225 e. The summed E-state index contributed by atoms with van der Waals surface area (Å²) in [5.41, 5.74) is 0.914. The Hall–Kier alpha value is -2.24. The summed E-state index contributed by atoms with van der Waals surface area (Å²) in [5.74, 6) is 1.25. The van der Waals surface area contributed by atoms with Crippen LogP contribution in [0.15, 0.2) is 18.2 Å². The van der Waals surface area contributed by atoms with Crippen LogP contribution >= 0.6 is 0 Å². The van der Waals surface area contributed by atoms with Crippen molar-refractivity contribution in [2.24, 2.45) is 11.8 Å². The van der Waals surface area contributed by atoms with Gasteiger partial charge >= 0.3 is 0 Å². The molecule has 1 fully saturated rings. The van der Waals surface area contributed by atoms with Crippen LogP contribution in [0.5, 0.6) is 11.5 Å². The second-order valence-corrected chi connectivity index (χ2v) is 7.84. The molecule has 1 aromatic carbocycles. The molecule has 0 spiro atoms. The summed E-state index contributed by atoms with van der Waals surface area (Å²) >= 11 is 0. The lowest BCUT2D eigenvalue weighted by Crippen LogP contribution is -2.36. The highest BCUT2D eigenvalue weighted by Gasteiger charge is 2.41. The molecular formula is C22H34N2O4. The van der Waals surface area contributed by atoms with Crippen LogP contribution in [0.3, 0.4) is 0 Å². The van der Waals surface area contributed by atoms with Crippen LogP contribution in [0.2, 0.25) is 0 Å². The van der Waals surface area contributed by atoms with E-state index in [1.807, 2.05) is 36.9 Å². The van der Waals surface area contributed by atoms with E-state index in [-0.39, 0.29) is 29.6 Å². The zero-order valence-electron chi connectivity index (χ0n) is 17.8. The molecule has 0 aromatic heterocycles. The molecule has 0 saturated carbocycles. The van der Waals surface area contributed by atoms with Gasteiger partial charge in [0, 0.05) is 37.5 Å². The Labute approximate surface area is 168 Å². The van der Waals surface area contributed by atoms with Gasteiger partial charge in [-0.15, -0.1) is 0 Å². The van der Waals surface area contributed by atoms with Gasteiger partial charge in [0.25, 0.3) is 0 Å². The first-order chi connectivity index (χ1) is 13.4. The van der Waals surface area contributed by atoms with Crippen LogP contribution in [0.1, 0.15) is 51.5 Å². The van der Waals surface area contributed by atoms with Gasteiger partial charge < -0.3 is 19.7 Å². The summed E-state index contributed by atoms with van der Waals surface area (Å²) in [4.78, 5) is 27.4. The van der Waals surface area contributed by atoms with Crippen LogP contribution in [0.4, 0.5) is 0 Å². The first-order valence-corrected chi connectivity index (χ1v) is 10.2. The molecule has 156 valence electrons. The van der Waals surface area contributed by atoms with Crippen LogP contribution < -0.4 is 14.8 Å². The van der Waals surface area contributed by atoms with E-state index in [2.05, 4.69) is 12.2 Å². The molecule has 1 heterocycles. The second-order valence-electron chi connectivity index (χ2n) is 7.84. The smallest absolute Gasteiger partial charge is 0.225 e. The van der Waals surface area contributed by atoms with Gasteiger partial charge in [-0.2, -0.15) is 0 Å². The van der Waals surface area contributed by atoms with Crippen molar-refractivity contribution >= 4 is 11.8 Å². The number of carbonyl (C=O) groups excluding carboxylic acids is 2. The third kappa shape index (κ3) is 5.18. The lowest BCUT2D eigenvalue weighted by molar-refractivity contribution is -0.131. The SMILES string of the molecule is CCCCNC(=O)[C@H]1CN(C(=O)CC(C)C)C[C@@H]1c1cccc(OC)c1OC. The first-order valence-electron chi connectivity index (χ1n) is 10.2. The predicted octanol–water partition coefficient (Wildman–Crippen LogP) is 3.21. The maximum absolute atomic E-state index is 12.9. The predicted molar refractivity (Wildman–Crippen MR) is 110 cm³/mol. The number of ether oxygens (including phenoxy) is 2. The molecule has 0 unspecified atom stereocenters. The van der Waals surface area contributed by atoms with Gasteiger partial charge in [0.1, 0.15) is 0 Å². The fraction of sp³-hybridized carbons (Fsp3) is 0.636. The molecule has 2 atom stereocenters. The molecule has 1 aliphatic rings. The average Bonchev–Trinajstić information content (AvgIpc) is 3.12. The lowest BCUT2D eigenvalue weighted by Gasteiger charge is -2.21. The number of rotatable bonds is 9. The minimum atomic E-state index is -0.297. The van der Waals surface area contributed by atoms with E-state index < -0.39 is 0 Å². The Kier molecular flexibility index (Phi) is 8.15. The van der Waals surface area contributed by atoms with Gasteiger partial charge in [0.15, 0.2) is 11.5 Å². The number of nitrogens with zero attached hydrogens (tertiary/aromatic N) is 1. The number of amides is 2. The summed E-state index contributed by atoms with van der Waals surface area (Å²) in [5, 5.41) is 3.04. The molecule has 2 amide bonds. The highest BCUT2D eigenvalue weighted by atomic mass is 16.5. The normalized spacial score (nSPS) is 19.0. The Bertz CT molecular complexity index is 675. The zero-order valence-corrected chi connectivity index (χ0v) is 17.8. The number of methoxy groups -OCH3 is 2. The minimum absolute atomic E-state index is 0.00294. The van der Waals surface area contributed by atoms with Crippen molar-refractivity contribution < 1.29 is 19.1 Å². The van der Waals surface area contributed by atoms with Crippen LogP contribution in [-0.4, -0.2) is 50.6 Å². The van der Waals surface area contributed by atoms with E-state index in [1.165, 1.54) is 0 Å². The van der Waals surface area contributed by atoms with E-state index in [0.29, 0.717) is 37.6 Å². The van der Waals surface area contributed by atoms with Crippen molar-refractivity contribution in [3.63, 3.8) is 0 Å². The molecule has 6 heteroatoms. The number of carbonyl (C=O) groups is 2. The van der Waals surface area contributed by atoms with Gasteiger partial charge in [-0.3, -0.25) is 9.59 Å². The number of nitrogens with one attached hydrogen (secondary N) is 1. The maximum atomic E-state index is 12.9. The average molecular weight is 391 g/mol. The number of para-hydroxylation sites is 1. The lowest BCUT2D eigenvalue weighted by atomic mass is 9.87. The quantitative estimate of drug-likeness (QED) is 0.658. The molecule has 1 N–H and O–H groups in total. The van der Waals surface area contributed by atoms with E-state index in [4.69, 9.17) is 9.47 Å². The highest BCUT2D eigenvalue weighted by molar-refractivity contribution is 5.83. The molecule has 2 rings (SSSR count). The fourth-order valence-corrected chi connectivity index (χ4v) is 3.79. The summed E-state index contributed by atoms with van der Waals surface area (Å²) in [6.45, 7) is 7.78. The van der Waals surface area contributed by atoms with Crippen molar-refractivity contribution in [2.45, 2.75) is 46.0 Å². The van der Waals surface area contributed by atoms with E-state index in [1.54, 1.807) is 14.2 Å². The minimum Gasteiger partial charge on any atom is -0.493 e. The van der Waals surface area contributed by atoms with E-state index in [0.717, 1.165) is 18.4 Å². The molecule has 1 saturated heterocycles. The standard InChI is InChI=1S/C22H34N2O4/c1-6-7-11-23-22(26)18-14-24(20(25)12-15(2)3)13-17(18)16-9-8-10-19(27-4)21(16)28-5/h8-10,15,17-18H,6-7,11-14H2,1-5H3,(H,23,26)/t17-,18+/m1/s1. The third-order valence-electron chi connectivity index (χ3n) is 5.25. The van der Waals surface area contributed by atoms with E-state index >= 15 is 0 Å². The van der Waals surface area contributed by atoms with E-state index in [9.17, 15) is 9.59 Å². The van der Waals surface area contributed by atoms with Crippen molar-refractivity contribution in [3.8, 4) is 11.5 Å². The van der Waals surface area contributed by atoms with Gasteiger partial charge in [-0.1, -0.05) is 39.3 Å². The largest absolute Gasteiger partial charge is 0.493 e.